The lowest BCUT2D eigenvalue weighted by Gasteiger charge is -2.20. The van der Waals surface area contributed by atoms with Crippen LogP contribution in [-0.4, -0.2) is 108 Å². The number of carboxylic acid groups (broad SMARTS) is 1. The summed E-state index contributed by atoms with van der Waals surface area (Å²) in [5.41, 5.74) is 10.5. The molecule has 0 aliphatic carbocycles. The zero-order chi connectivity index (χ0) is 60.5. The van der Waals surface area contributed by atoms with Gasteiger partial charge in [-0.15, -0.1) is 0 Å². The molecule has 4 aromatic carbocycles. The van der Waals surface area contributed by atoms with Crippen LogP contribution in [0.2, 0.25) is 0 Å². The van der Waals surface area contributed by atoms with Crippen molar-refractivity contribution >= 4 is 74.7 Å². The fourth-order valence-electron chi connectivity index (χ4n) is 7.59. The average Bonchev–Trinajstić information content (AvgIpc) is 4.26. The number of nitrogen functional groups attached to an aromatic ring is 2. The summed E-state index contributed by atoms with van der Waals surface area (Å²) in [7, 11) is 0. The van der Waals surface area contributed by atoms with E-state index in [-0.39, 0.29) is 102 Å². The standard InChI is InChI=1S/C42H35N7O17.C10H12N2O3.C2H6/c1-22-44-18-36(48(56)57)46(22)11-13-60-41(54)34-16-28(51)38-30(5-3-7-32(38)65-34)62-20-25(64-40(53)26-15-24(43)9-10-27(26)50)21-63-31-6-4-8-33-39(31)29(52)17-35(66-33)42(55)61-14-12-47-23(2)45-19-37(47)49(58)59;11-8-3-1-7(2-4-8)10(15)12-6-5-9(13)14;1-2/h3-10,15-19,25,50H,11-14,20-21,43H2,1-2H3;1-4H,5-6,11H2,(H,12,15)(H,13,14);1-2H3. The van der Waals surface area contributed by atoms with E-state index in [9.17, 15) is 58.9 Å². The molecule has 29 heteroatoms. The first-order valence-electron chi connectivity index (χ1n) is 24.9. The third-order valence-electron chi connectivity index (χ3n) is 11.5. The van der Waals surface area contributed by atoms with E-state index in [1.165, 1.54) is 63.7 Å². The molecule has 0 bridgehead atoms. The van der Waals surface area contributed by atoms with Crippen LogP contribution in [0.4, 0.5) is 23.0 Å². The second-order valence-electron chi connectivity index (χ2n) is 17.1. The Kier molecular flexibility index (Phi) is 20.7. The maximum atomic E-state index is 13.4. The quantitative estimate of drug-likeness (QED) is 0.0131. The number of aryl methyl sites for hydroxylation is 2. The van der Waals surface area contributed by atoms with Crippen LogP contribution >= 0.6 is 0 Å². The minimum Gasteiger partial charge on any atom is -0.507 e. The third-order valence-corrected chi connectivity index (χ3v) is 11.5. The molecule has 0 aliphatic rings. The number of phenols is 1. The number of anilines is 2. The minimum absolute atomic E-state index is 0.0690. The van der Waals surface area contributed by atoms with Gasteiger partial charge in [-0.2, -0.15) is 0 Å². The van der Waals surface area contributed by atoms with E-state index in [2.05, 4.69) is 15.3 Å². The number of nitrogens with zero attached hydrogens (tertiary/aromatic N) is 6. The van der Waals surface area contributed by atoms with E-state index < -0.39 is 81.2 Å². The van der Waals surface area contributed by atoms with Gasteiger partial charge in [-0.05, 0) is 76.6 Å². The van der Waals surface area contributed by atoms with Crippen molar-refractivity contribution in [2.24, 2.45) is 0 Å². The van der Waals surface area contributed by atoms with Crippen LogP contribution in [0.3, 0.4) is 0 Å². The molecule has 1 amide bonds. The number of nitro groups is 2. The molecule has 8 aromatic rings. The first-order valence-corrected chi connectivity index (χ1v) is 24.9. The van der Waals surface area contributed by atoms with Gasteiger partial charge in [0, 0.05) is 49.5 Å². The Labute approximate surface area is 467 Å². The van der Waals surface area contributed by atoms with Crippen molar-refractivity contribution in [3.63, 3.8) is 0 Å². The van der Waals surface area contributed by atoms with Crippen molar-refractivity contribution in [1.29, 1.82) is 0 Å². The SMILES string of the molecule is CC.Cc1ncc([N+](=O)[O-])n1CCOC(=O)c1cc(=O)c2c(OCC(COc3cccc4oc(C(=O)OCCn5c([N+](=O)[O-])cnc5C)cc(=O)c34)OC(=O)c3cc(N)ccc3O)cccc2o1.Nc1ccc(C(=O)NCCC(=O)O)cc1. The Balaban J connectivity index is 0.000000562. The van der Waals surface area contributed by atoms with Crippen molar-refractivity contribution in [2.75, 3.05) is 44.4 Å². The summed E-state index contributed by atoms with van der Waals surface area (Å²) in [6.07, 6.45) is 0.723. The van der Waals surface area contributed by atoms with Gasteiger partial charge in [0.2, 0.25) is 11.5 Å². The Morgan fingerprint density at radius 2 is 1.16 bits per heavy atom. The number of phenolic OH excluding ortho intramolecular Hbond substituents is 1. The molecule has 434 valence electrons. The predicted molar refractivity (Wildman–Crippen MR) is 292 cm³/mol. The number of benzene rings is 4. The number of ether oxygens (including phenoxy) is 5. The van der Waals surface area contributed by atoms with Crippen LogP contribution in [0.25, 0.3) is 21.9 Å². The maximum Gasteiger partial charge on any atom is 0.374 e. The summed E-state index contributed by atoms with van der Waals surface area (Å²) in [6, 6.07) is 20.4. The number of aliphatic carboxylic acids is 1. The predicted octanol–water partition coefficient (Wildman–Crippen LogP) is 5.91. The van der Waals surface area contributed by atoms with Crippen LogP contribution in [0, 0.1) is 34.1 Å². The molecule has 83 heavy (non-hydrogen) atoms. The topological polar surface area (TPSA) is 418 Å². The van der Waals surface area contributed by atoms with Crippen molar-refractivity contribution in [3.05, 3.63) is 178 Å². The van der Waals surface area contributed by atoms with E-state index in [1.807, 2.05) is 13.8 Å². The van der Waals surface area contributed by atoms with Crippen LogP contribution in [0.1, 0.15) is 73.7 Å². The Morgan fingerprint density at radius 3 is 1.61 bits per heavy atom. The number of amides is 1. The fourth-order valence-corrected chi connectivity index (χ4v) is 7.59. The lowest BCUT2D eigenvalue weighted by atomic mass is 10.2. The van der Waals surface area contributed by atoms with Gasteiger partial charge in [0.15, 0.2) is 28.6 Å². The molecule has 0 aliphatic heterocycles. The summed E-state index contributed by atoms with van der Waals surface area (Å²) in [6.45, 7) is 5.35. The third kappa shape index (κ3) is 15.8. The summed E-state index contributed by atoms with van der Waals surface area (Å²) in [4.78, 5) is 117. The summed E-state index contributed by atoms with van der Waals surface area (Å²) in [5.74, 6) is -5.83. The largest absolute Gasteiger partial charge is 0.507 e. The van der Waals surface area contributed by atoms with Gasteiger partial charge in [-0.25, -0.2) is 33.5 Å². The Morgan fingerprint density at radius 1 is 0.687 bits per heavy atom. The Hall–Kier alpha value is -11.1. The molecular weight excluding hydrogens is 1090 g/mol. The number of nitrogens with two attached hydrogens (primary N) is 2. The number of imidazole rings is 2. The molecule has 8 rings (SSSR count). The zero-order valence-electron chi connectivity index (χ0n) is 44.6. The van der Waals surface area contributed by atoms with Crippen molar-refractivity contribution in [3.8, 4) is 17.2 Å². The Bertz CT molecular complexity index is 3650. The number of carbonyl (C=O) groups is 5. The second kappa shape index (κ2) is 28.1. The number of carboxylic acids is 1. The zero-order valence-corrected chi connectivity index (χ0v) is 44.6. The number of aromatic nitrogens is 4. The smallest absolute Gasteiger partial charge is 0.374 e. The lowest BCUT2D eigenvalue weighted by molar-refractivity contribution is -0.392. The highest BCUT2D eigenvalue weighted by atomic mass is 16.6. The number of nitrogens with one attached hydrogen (secondary N) is 1. The van der Waals surface area contributed by atoms with E-state index in [0.717, 1.165) is 24.5 Å². The van der Waals surface area contributed by atoms with Gasteiger partial charge in [0.1, 0.15) is 96.7 Å². The van der Waals surface area contributed by atoms with Crippen LogP contribution in [0.15, 0.2) is 122 Å². The fraction of sp³-hybridized carbons (Fsp3) is 0.241. The first kappa shape index (κ1) is 61.1. The maximum absolute atomic E-state index is 13.4. The summed E-state index contributed by atoms with van der Waals surface area (Å²) >= 11 is 0. The molecule has 0 radical (unpaired) electrons. The molecule has 0 unspecified atom stereocenters. The molecule has 0 atom stereocenters. The molecule has 4 aromatic heterocycles. The van der Waals surface area contributed by atoms with Gasteiger partial charge in [0.25, 0.3) is 5.91 Å². The van der Waals surface area contributed by atoms with Gasteiger partial charge in [-0.1, -0.05) is 26.0 Å². The molecule has 0 saturated carbocycles. The van der Waals surface area contributed by atoms with E-state index in [4.69, 9.17) is 49.1 Å². The van der Waals surface area contributed by atoms with Crippen LogP contribution in [-0.2, 0) is 32.1 Å². The molecule has 7 N–H and O–H groups in total. The van der Waals surface area contributed by atoms with E-state index in [0.29, 0.717) is 22.9 Å². The van der Waals surface area contributed by atoms with Crippen molar-refractivity contribution in [1.82, 2.24) is 24.4 Å². The van der Waals surface area contributed by atoms with Crippen LogP contribution in [0.5, 0.6) is 17.2 Å². The minimum atomic E-state index is -1.34. The van der Waals surface area contributed by atoms with Crippen molar-refractivity contribution < 1.29 is 76.6 Å². The number of aromatic hydroxyl groups is 1. The summed E-state index contributed by atoms with van der Waals surface area (Å²) < 4.78 is 41.9. The highest BCUT2D eigenvalue weighted by Crippen LogP contribution is 2.28. The molecule has 29 nitrogen and oxygen atoms in total. The van der Waals surface area contributed by atoms with E-state index in [1.54, 1.807) is 38.1 Å². The molecule has 4 heterocycles. The number of rotatable bonds is 22. The van der Waals surface area contributed by atoms with Crippen molar-refractivity contribution in [2.45, 2.75) is 53.3 Å². The number of esters is 3. The molecule has 0 spiro atoms. The lowest BCUT2D eigenvalue weighted by Crippen LogP contribution is -2.31. The van der Waals surface area contributed by atoms with Crippen LogP contribution < -0.4 is 37.1 Å². The van der Waals surface area contributed by atoms with Gasteiger partial charge >= 0.3 is 35.5 Å². The second-order valence-corrected chi connectivity index (χ2v) is 17.1. The first-order chi connectivity index (χ1) is 39.7. The number of fused-ring (bicyclic) bond motifs is 2. The summed E-state index contributed by atoms with van der Waals surface area (Å²) in [5, 5.41) is 43.6. The molecule has 0 saturated heterocycles. The average molecular weight is 1150 g/mol. The number of carbonyl (C=O) groups excluding carboxylic acids is 4. The highest BCUT2D eigenvalue weighted by Gasteiger charge is 2.26. The monoisotopic (exact) mass is 1150 g/mol. The molecular formula is C54H53N9O20. The molecule has 0 fully saturated rings. The van der Waals surface area contributed by atoms with Gasteiger partial charge < -0.3 is 79.7 Å². The van der Waals surface area contributed by atoms with E-state index >= 15 is 0 Å². The normalized spacial score (nSPS) is 10.7. The number of hydrogen-bond donors (Lipinski definition) is 5. The van der Waals surface area contributed by atoms with Gasteiger partial charge in [0.05, 0.1) is 6.42 Å². The highest BCUT2D eigenvalue weighted by molar-refractivity contribution is 5.95. The number of hydrogen-bond acceptors (Lipinski definition) is 23. The van der Waals surface area contributed by atoms with Gasteiger partial charge in [-0.3, -0.25) is 19.2 Å².